The van der Waals surface area contributed by atoms with Gasteiger partial charge in [0, 0.05) is 44.9 Å². The molecule has 1 aliphatic rings. The van der Waals surface area contributed by atoms with E-state index in [9.17, 15) is 0 Å². The Labute approximate surface area is 289 Å². The molecule has 2 heterocycles. The molecule has 0 amide bonds. The highest BCUT2D eigenvalue weighted by atomic mass is 16.3. The summed E-state index contributed by atoms with van der Waals surface area (Å²) in [7, 11) is 0. The van der Waals surface area contributed by atoms with Crippen molar-refractivity contribution < 1.29 is 8.83 Å². The van der Waals surface area contributed by atoms with E-state index >= 15 is 0 Å². The van der Waals surface area contributed by atoms with Gasteiger partial charge in [0.25, 0.3) is 0 Å². The summed E-state index contributed by atoms with van der Waals surface area (Å²) in [6.45, 7) is 4.64. The molecule has 0 radical (unpaired) electrons. The van der Waals surface area contributed by atoms with Crippen molar-refractivity contribution >= 4 is 50.1 Å². The first-order chi connectivity index (χ1) is 24.5. The Kier molecular flexibility index (Phi) is 6.19. The van der Waals surface area contributed by atoms with Crippen molar-refractivity contribution in [2.24, 2.45) is 0 Å². The fourth-order valence-electron chi connectivity index (χ4n) is 7.84. The van der Waals surface area contributed by atoms with Gasteiger partial charge in [-0.2, -0.15) is 0 Å². The normalized spacial score (nSPS) is 13.2. The Morgan fingerprint density at radius 3 is 2.06 bits per heavy atom. The third kappa shape index (κ3) is 4.35. The van der Waals surface area contributed by atoms with Gasteiger partial charge in [0.15, 0.2) is 5.58 Å². The smallest absolute Gasteiger partial charge is 0.227 e. The van der Waals surface area contributed by atoms with Crippen molar-refractivity contribution in [1.29, 1.82) is 0 Å². The van der Waals surface area contributed by atoms with Crippen molar-refractivity contribution in [2.45, 2.75) is 19.3 Å². The van der Waals surface area contributed by atoms with Crippen LogP contribution in [0.2, 0.25) is 0 Å². The van der Waals surface area contributed by atoms with Crippen LogP contribution in [0.15, 0.2) is 167 Å². The van der Waals surface area contributed by atoms with Gasteiger partial charge in [-0.3, -0.25) is 0 Å². The molecule has 10 rings (SSSR count). The van der Waals surface area contributed by atoms with E-state index in [1.165, 1.54) is 27.8 Å². The predicted octanol–water partition coefficient (Wildman–Crippen LogP) is 12.8. The maximum Gasteiger partial charge on any atom is 0.227 e. The second-order valence-electron chi connectivity index (χ2n) is 13.6. The van der Waals surface area contributed by atoms with E-state index < -0.39 is 0 Å². The van der Waals surface area contributed by atoms with Gasteiger partial charge in [0.2, 0.25) is 5.89 Å². The Balaban J connectivity index is 1.16. The number of benzene rings is 7. The molecule has 238 valence electrons. The molecular weight excluding hydrogens is 613 g/mol. The number of oxazole rings is 1. The van der Waals surface area contributed by atoms with Gasteiger partial charge in [-0.1, -0.05) is 105 Å². The summed E-state index contributed by atoms with van der Waals surface area (Å²) in [5.74, 6) is 0.647. The zero-order valence-electron chi connectivity index (χ0n) is 27.7. The molecule has 0 bridgehead atoms. The zero-order chi connectivity index (χ0) is 33.4. The molecule has 0 unspecified atom stereocenters. The first-order valence-electron chi connectivity index (χ1n) is 17.0. The highest BCUT2D eigenvalue weighted by molar-refractivity contribution is 6.06. The second-order valence-corrected chi connectivity index (χ2v) is 13.6. The average molecular weight is 645 g/mol. The van der Waals surface area contributed by atoms with E-state index in [0.29, 0.717) is 5.89 Å². The van der Waals surface area contributed by atoms with E-state index in [1.807, 2.05) is 36.4 Å². The number of aromatic nitrogens is 1. The predicted molar refractivity (Wildman–Crippen MR) is 204 cm³/mol. The second kappa shape index (κ2) is 10.8. The van der Waals surface area contributed by atoms with Crippen LogP contribution in [-0.2, 0) is 5.41 Å². The summed E-state index contributed by atoms with van der Waals surface area (Å²) < 4.78 is 12.7. The lowest BCUT2D eigenvalue weighted by Gasteiger charge is -2.28. The molecule has 7 aromatic carbocycles. The van der Waals surface area contributed by atoms with Gasteiger partial charge in [-0.05, 0) is 94.0 Å². The van der Waals surface area contributed by atoms with Crippen LogP contribution < -0.4 is 4.90 Å². The number of nitrogens with zero attached hydrogens (tertiary/aromatic N) is 2. The molecule has 9 aromatic rings. The third-order valence-corrected chi connectivity index (χ3v) is 10.3. The van der Waals surface area contributed by atoms with Crippen molar-refractivity contribution in [2.75, 3.05) is 4.90 Å². The summed E-state index contributed by atoms with van der Waals surface area (Å²) >= 11 is 0. The number of rotatable bonds is 5. The molecule has 1 aliphatic carbocycles. The molecule has 0 atom stereocenters. The molecule has 0 fully saturated rings. The minimum atomic E-state index is -0.247. The molecule has 2 aromatic heterocycles. The molecule has 4 nitrogen and oxygen atoms in total. The summed E-state index contributed by atoms with van der Waals surface area (Å²) in [5.41, 5.74) is 14.6. The van der Waals surface area contributed by atoms with Crippen LogP contribution in [0.3, 0.4) is 0 Å². The van der Waals surface area contributed by atoms with E-state index in [4.69, 9.17) is 13.8 Å². The molecule has 0 saturated heterocycles. The molecule has 0 saturated carbocycles. The minimum absolute atomic E-state index is 0.247. The zero-order valence-corrected chi connectivity index (χ0v) is 27.7. The molecule has 50 heavy (non-hydrogen) atoms. The molecule has 4 heteroatoms. The van der Waals surface area contributed by atoms with E-state index in [2.05, 4.69) is 140 Å². The van der Waals surface area contributed by atoms with Gasteiger partial charge < -0.3 is 13.7 Å². The lowest BCUT2D eigenvalue weighted by Crippen LogP contribution is -2.16. The molecule has 0 N–H and O–H groups in total. The van der Waals surface area contributed by atoms with Crippen LogP contribution >= 0.6 is 0 Å². The highest BCUT2D eigenvalue weighted by Gasteiger charge is 2.38. The Morgan fingerprint density at radius 1 is 0.480 bits per heavy atom. The van der Waals surface area contributed by atoms with Crippen LogP contribution in [0, 0.1) is 0 Å². The molecule has 0 spiro atoms. The lowest BCUT2D eigenvalue weighted by atomic mass is 9.82. The van der Waals surface area contributed by atoms with Crippen molar-refractivity contribution in [1.82, 2.24) is 4.98 Å². The van der Waals surface area contributed by atoms with Gasteiger partial charge in [0.05, 0.1) is 0 Å². The van der Waals surface area contributed by atoms with Crippen LogP contribution in [0.25, 0.3) is 66.7 Å². The fraction of sp³-hybridized carbons (Fsp3) is 0.0652. The Morgan fingerprint density at radius 2 is 1.18 bits per heavy atom. The van der Waals surface area contributed by atoms with Gasteiger partial charge in [-0.15, -0.1) is 0 Å². The van der Waals surface area contributed by atoms with Crippen LogP contribution in [-0.4, -0.2) is 4.98 Å². The van der Waals surface area contributed by atoms with Crippen molar-refractivity contribution in [3.63, 3.8) is 0 Å². The van der Waals surface area contributed by atoms with Crippen molar-refractivity contribution in [3.05, 3.63) is 169 Å². The largest absolute Gasteiger partial charge is 0.456 e. The first-order valence-corrected chi connectivity index (χ1v) is 17.0. The number of hydrogen-bond donors (Lipinski definition) is 0. The number of anilines is 3. The SMILES string of the molecule is CC1(C)c2cc(N(c3cccc(-c4ccccc4)c3)c3ccc4c(c3)oc3ccccc34)ccc2-c2c(-c3nc4ccccc4o3)cccc21. The standard InChI is InChI=1S/C46H32N2O2/c1-46(2)38-18-11-17-37(45-47-40-19-7-9-21-42(40)50-45)44(38)36-25-23-32(27-39(36)46)48(31-15-10-14-30(26-31)29-12-4-3-5-13-29)33-22-24-35-34-16-6-8-20-41(34)49-43(35)28-33/h3-28H,1-2H3. The van der Waals surface area contributed by atoms with E-state index in [0.717, 1.165) is 61.2 Å². The lowest BCUT2D eigenvalue weighted by molar-refractivity contribution is 0.619. The van der Waals surface area contributed by atoms with Gasteiger partial charge in [0.1, 0.15) is 16.7 Å². The topological polar surface area (TPSA) is 42.4 Å². The maximum absolute atomic E-state index is 6.39. The highest BCUT2D eigenvalue weighted by Crippen LogP contribution is 2.54. The maximum atomic E-state index is 6.39. The van der Waals surface area contributed by atoms with Crippen LogP contribution in [0.5, 0.6) is 0 Å². The third-order valence-electron chi connectivity index (χ3n) is 10.3. The summed E-state index contributed by atoms with van der Waals surface area (Å²) in [6.07, 6.45) is 0. The summed E-state index contributed by atoms with van der Waals surface area (Å²) in [5, 5.41) is 2.23. The first kappa shape index (κ1) is 28.6. The molecular formula is C46H32N2O2. The summed E-state index contributed by atoms with van der Waals surface area (Å²) in [6, 6.07) is 55.5. The van der Waals surface area contributed by atoms with Gasteiger partial charge in [-0.25, -0.2) is 4.98 Å². The quantitative estimate of drug-likeness (QED) is 0.187. The number of hydrogen-bond acceptors (Lipinski definition) is 4. The minimum Gasteiger partial charge on any atom is -0.456 e. The molecule has 0 aliphatic heterocycles. The van der Waals surface area contributed by atoms with E-state index in [-0.39, 0.29) is 5.41 Å². The van der Waals surface area contributed by atoms with Crippen molar-refractivity contribution in [3.8, 4) is 33.7 Å². The average Bonchev–Trinajstić information content (AvgIpc) is 3.82. The van der Waals surface area contributed by atoms with Gasteiger partial charge >= 0.3 is 0 Å². The Bertz CT molecular complexity index is 2720. The van der Waals surface area contributed by atoms with Crippen LogP contribution in [0.4, 0.5) is 17.1 Å². The monoisotopic (exact) mass is 644 g/mol. The summed E-state index contributed by atoms with van der Waals surface area (Å²) in [4.78, 5) is 7.24. The number of fused-ring (bicyclic) bond motifs is 7. The Hall–Kier alpha value is -6.39. The number of para-hydroxylation sites is 3. The van der Waals surface area contributed by atoms with Crippen LogP contribution in [0.1, 0.15) is 25.0 Å². The van der Waals surface area contributed by atoms with E-state index in [1.54, 1.807) is 0 Å². The fourth-order valence-corrected chi connectivity index (χ4v) is 7.84. The number of furan rings is 1.